The Bertz CT molecular complexity index is 1330. The number of piperazine rings is 1. The molecule has 1 aliphatic heterocycles. The van der Waals surface area contributed by atoms with Gasteiger partial charge in [0, 0.05) is 49.9 Å². The van der Waals surface area contributed by atoms with Crippen LogP contribution in [0.1, 0.15) is 0 Å². The average molecular weight is 465 g/mol. The number of hydrogen-bond acceptors (Lipinski definition) is 6. The van der Waals surface area contributed by atoms with E-state index in [1.165, 1.54) is 28.5 Å². The molecule has 3 heterocycles. The minimum atomic E-state index is -0.272. The summed E-state index contributed by atoms with van der Waals surface area (Å²) in [6.45, 7) is 2.57. The Morgan fingerprint density at radius 1 is 0.909 bits per heavy atom. The second-order valence-corrected chi connectivity index (χ2v) is 8.56. The van der Waals surface area contributed by atoms with Gasteiger partial charge in [0.25, 0.3) is 0 Å². The predicted molar refractivity (Wildman–Crippen MR) is 125 cm³/mol. The summed E-state index contributed by atoms with van der Waals surface area (Å²) in [7, 11) is 0. The van der Waals surface area contributed by atoms with Crippen molar-refractivity contribution in [1.82, 2.24) is 24.1 Å². The topological polar surface area (TPSA) is 75.7 Å². The fourth-order valence-corrected chi connectivity index (χ4v) is 4.66. The number of rotatable bonds is 5. The third kappa shape index (κ3) is 4.34. The highest BCUT2D eigenvalue weighted by atomic mass is 32.2. The molecule has 2 aromatic carbocycles. The second kappa shape index (κ2) is 9.07. The number of carbonyl (C=O) groups excluding carboxylic acids is 1. The van der Waals surface area contributed by atoms with E-state index < -0.39 is 0 Å². The van der Waals surface area contributed by atoms with Gasteiger partial charge in [0.15, 0.2) is 5.16 Å². The van der Waals surface area contributed by atoms with Crippen molar-refractivity contribution in [2.45, 2.75) is 5.16 Å². The highest BCUT2D eigenvalue weighted by molar-refractivity contribution is 7.99. The Morgan fingerprint density at radius 3 is 2.36 bits per heavy atom. The summed E-state index contributed by atoms with van der Waals surface area (Å²) in [5, 5.41) is 8.67. The molecule has 10 heteroatoms. The Hall–Kier alpha value is -3.66. The first-order chi connectivity index (χ1) is 16.1. The van der Waals surface area contributed by atoms with E-state index in [1.54, 1.807) is 28.9 Å². The van der Waals surface area contributed by atoms with Gasteiger partial charge in [-0.15, -0.1) is 10.2 Å². The number of anilines is 1. The summed E-state index contributed by atoms with van der Waals surface area (Å²) < 4.78 is 16.3. The van der Waals surface area contributed by atoms with Crippen LogP contribution in [0.5, 0.6) is 0 Å². The highest BCUT2D eigenvalue weighted by Gasteiger charge is 2.22. The van der Waals surface area contributed by atoms with Crippen LogP contribution in [0.2, 0.25) is 0 Å². The van der Waals surface area contributed by atoms with Gasteiger partial charge < -0.3 is 9.80 Å². The van der Waals surface area contributed by atoms with Gasteiger partial charge in [-0.2, -0.15) is 0 Å². The summed E-state index contributed by atoms with van der Waals surface area (Å²) in [6, 6.07) is 15.7. The van der Waals surface area contributed by atoms with Crippen molar-refractivity contribution in [2.24, 2.45) is 0 Å². The van der Waals surface area contributed by atoms with Gasteiger partial charge in [-0.25, -0.2) is 4.39 Å². The lowest BCUT2D eigenvalue weighted by Crippen LogP contribution is -2.49. The minimum absolute atomic E-state index is 0.00753. The third-order valence-electron chi connectivity index (χ3n) is 5.62. The molecule has 1 fully saturated rings. The van der Waals surface area contributed by atoms with E-state index >= 15 is 0 Å². The van der Waals surface area contributed by atoms with E-state index in [0.29, 0.717) is 31.3 Å². The van der Waals surface area contributed by atoms with Gasteiger partial charge in [-0.3, -0.25) is 18.6 Å². The molecule has 0 radical (unpaired) electrons. The van der Waals surface area contributed by atoms with Crippen molar-refractivity contribution < 1.29 is 9.18 Å². The molecule has 0 spiro atoms. The summed E-state index contributed by atoms with van der Waals surface area (Å²) in [5.41, 5.74) is 1.64. The quantitative estimate of drug-likeness (QED) is 0.423. The first-order valence-electron chi connectivity index (χ1n) is 10.5. The van der Waals surface area contributed by atoms with Gasteiger partial charge >= 0.3 is 5.56 Å². The van der Waals surface area contributed by atoms with Crippen LogP contribution in [0.4, 0.5) is 10.1 Å². The minimum Gasteiger partial charge on any atom is -0.368 e. The summed E-state index contributed by atoms with van der Waals surface area (Å²) in [5.74, 6) is -0.0447. The Kier molecular flexibility index (Phi) is 5.82. The van der Waals surface area contributed by atoms with E-state index in [4.69, 9.17) is 0 Å². The molecule has 0 unspecified atom stereocenters. The van der Waals surface area contributed by atoms with Crippen LogP contribution in [0.25, 0.3) is 11.3 Å². The lowest BCUT2D eigenvalue weighted by atomic mass is 10.2. The normalized spacial score (nSPS) is 14.1. The monoisotopic (exact) mass is 464 g/mol. The average Bonchev–Trinajstić information content (AvgIpc) is 3.28. The molecule has 1 aliphatic rings. The number of thioether (sulfide) groups is 1. The van der Waals surface area contributed by atoms with Crippen LogP contribution >= 0.6 is 11.8 Å². The second-order valence-electron chi connectivity index (χ2n) is 7.62. The highest BCUT2D eigenvalue weighted by Crippen LogP contribution is 2.19. The van der Waals surface area contributed by atoms with Gasteiger partial charge in [-0.1, -0.05) is 30.0 Å². The fourth-order valence-electron chi connectivity index (χ4n) is 3.84. The van der Waals surface area contributed by atoms with Crippen molar-refractivity contribution >= 4 is 29.0 Å². The van der Waals surface area contributed by atoms with Gasteiger partial charge in [0.05, 0.1) is 5.75 Å². The van der Waals surface area contributed by atoms with Crippen LogP contribution in [0.15, 0.2) is 76.9 Å². The van der Waals surface area contributed by atoms with E-state index in [1.807, 2.05) is 35.2 Å². The summed E-state index contributed by atoms with van der Waals surface area (Å²) in [4.78, 5) is 29.5. The van der Waals surface area contributed by atoms with Crippen LogP contribution in [-0.4, -0.2) is 61.9 Å². The molecule has 0 bridgehead atoms. The largest absolute Gasteiger partial charge is 0.368 e. The van der Waals surface area contributed by atoms with Crippen molar-refractivity contribution in [2.75, 3.05) is 36.8 Å². The molecule has 0 N–H and O–H groups in total. The Balaban J connectivity index is 1.22. The zero-order valence-electron chi connectivity index (χ0n) is 17.7. The molecule has 4 aromatic rings. The van der Waals surface area contributed by atoms with Crippen molar-refractivity contribution in [3.8, 4) is 5.69 Å². The summed E-state index contributed by atoms with van der Waals surface area (Å²) >= 11 is 1.26. The zero-order valence-corrected chi connectivity index (χ0v) is 18.5. The number of benzene rings is 2. The smallest absolute Gasteiger partial charge is 0.300 e. The molecule has 1 amide bonds. The molecule has 168 valence electrons. The number of hydrogen-bond donors (Lipinski definition) is 0. The number of nitrogens with zero attached hydrogens (tertiary/aromatic N) is 6. The van der Waals surface area contributed by atoms with Crippen molar-refractivity contribution in [3.05, 3.63) is 83.2 Å². The van der Waals surface area contributed by atoms with Gasteiger partial charge in [0.2, 0.25) is 11.6 Å². The number of aromatic nitrogens is 4. The van der Waals surface area contributed by atoms with Crippen LogP contribution in [0.3, 0.4) is 0 Å². The van der Waals surface area contributed by atoms with E-state index in [0.717, 1.165) is 11.4 Å². The Labute approximate surface area is 193 Å². The van der Waals surface area contributed by atoms with Gasteiger partial charge in [-0.05, 0) is 36.4 Å². The van der Waals surface area contributed by atoms with Gasteiger partial charge in [0.1, 0.15) is 5.82 Å². The molecular formula is C23H21FN6O2S. The molecule has 0 atom stereocenters. The lowest BCUT2D eigenvalue weighted by Gasteiger charge is -2.36. The molecule has 0 saturated carbocycles. The molecule has 2 aromatic heterocycles. The maximum Gasteiger partial charge on any atom is 0.300 e. The number of carbonyl (C=O) groups is 1. The predicted octanol–water partition coefficient (Wildman–Crippen LogP) is 2.46. The third-order valence-corrected chi connectivity index (χ3v) is 6.55. The van der Waals surface area contributed by atoms with Crippen molar-refractivity contribution in [3.63, 3.8) is 0 Å². The van der Waals surface area contributed by atoms with Crippen molar-refractivity contribution in [1.29, 1.82) is 0 Å². The standard InChI is InChI=1S/C23H21FN6O2S/c24-17-6-8-18(9-7-17)27-10-12-28(13-11-27)20(31)16-33-23-26-25-21-22(32)29(14-15-30(21)23)19-4-2-1-3-5-19/h1-9,14-15H,10-13,16H2. The molecule has 1 saturated heterocycles. The lowest BCUT2D eigenvalue weighted by molar-refractivity contribution is -0.128. The van der Waals surface area contributed by atoms with E-state index in [-0.39, 0.29) is 28.7 Å². The molecule has 0 aliphatic carbocycles. The fraction of sp³-hybridized carbons (Fsp3) is 0.217. The number of halogens is 1. The first kappa shape index (κ1) is 21.2. The molecular weight excluding hydrogens is 443 g/mol. The number of para-hydroxylation sites is 1. The maximum atomic E-state index is 13.1. The van der Waals surface area contributed by atoms with Crippen LogP contribution in [-0.2, 0) is 4.79 Å². The molecule has 33 heavy (non-hydrogen) atoms. The molecule has 8 nitrogen and oxygen atoms in total. The molecule has 5 rings (SSSR count). The summed E-state index contributed by atoms with van der Waals surface area (Å²) in [6.07, 6.45) is 3.41. The number of fused-ring (bicyclic) bond motifs is 1. The maximum absolute atomic E-state index is 13.1. The Morgan fingerprint density at radius 2 is 1.64 bits per heavy atom. The van der Waals surface area contributed by atoms with E-state index in [9.17, 15) is 14.0 Å². The van der Waals surface area contributed by atoms with E-state index in [2.05, 4.69) is 15.1 Å². The SMILES string of the molecule is O=C(CSc1nnc2c(=O)n(-c3ccccc3)ccn12)N1CCN(c2ccc(F)cc2)CC1. The number of amides is 1. The van der Waals surface area contributed by atoms with Crippen LogP contribution < -0.4 is 10.5 Å². The zero-order chi connectivity index (χ0) is 22.8. The first-order valence-corrected chi connectivity index (χ1v) is 11.5. The van der Waals surface area contributed by atoms with Crippen LogP contribution in [0, 0.1) is 5.82 Å².